The highest BCUT2D eigenvalue weighted by Gasteiger charge is 2.29. The summed E-state index contributed by atoms with van der Waals surface area (Å²) in [4.78, 5) is 29.6. The normalized spacial score (nSPS) is 20.1. The predicted molar refractivity (Wildman–Crippen MR) is 126 cm³/mol. The summed E-state index contributed by atoms with van der Waals surface area (Å²) in [6, 6.07) is 1.78. The quantitative estimate of drug-likeness (QED) is 0.634. The minimum absolute atomic E-state index is 0.132. The first kappa shape index (κ1) is 23.2. The monoisotopic (exact) mass is 462 g/mol. The molecule has 0 saturated carbocycles. The van der Waals surface area contributed by atoms with Crippen molar-refractivity contribution >= 4 is 29.1 Å². The maximum atomic E-state index is 12.9. The third-order valence-electron chi connectivity index (χ3n) is 7.09. The minimum Gasteiger partial charge on any atom is -0.492 e. The Kier molecular flexibility index (Phi) is 7.46. The molecule has 3 aliphatic heterocycles. The number of nitrogens with two attached hydrogens (primary N) is 1. The SMILES string of the molecule is CCCC(=O)N1CCC(CN2CCC(NC(=O)c3cc(Cl)c(N)c4c3OCC4)CC2)CC1. The van der Waals surface area contributed by atoms with Gasteiger partial charge in [0.1, 0.15) is 5.75 Å². The van der Waals surface area contributed by atoms with Gasteiger partial charge in [0.05, 0.1) is 22.9 Å². The maximum Gasteiger partial charge on any atom is 0.255 e. The highest BCUT2D eigenvalue weighted by Crippen LogP contribution is 2.38. The first-order valence-electron chi connectivity index (χ1n) is 12.0. The summed E-state index contributed by atoms with van der Waals surface area (Å²) in [6.45, 7) is 7.44. The number of hydrogen-bond acceptors (Lipinski definition) is 5. The van der Waals surface area contributed by atoms with Crippen LogP contribution in [0.1, 0.15) is 61.4 Å². The number of nitrogens with zero attached hydrogens (tertiary/aromatic N) is 2. The van der Waals surface area contributed by atoms with Crippen molar-refractivity contribution in [2.75, 3.05) is 45.1 Å². The molecule has 3 N–H and O–H groups in total. The fraction of sp³-hybridized carbons (Fsp3) is 0.667. The molecule has 0 bridgehead atoms. The number of likely N-dealkylation sites (tertiary alicyclic amines) is 2. The Bertz CT molecular complexity index is 846. The van der Waals surface area contributed by atoms with Crippen LogP contribution in [0.3, 0.4) is 0 Å². The number of piperidine rings is 2. The van der Waals surface area contributed by atoms with Crippen LogP contribution in [-0.2, 0) is 11.2 Å². The molecule has 2 saturated heterocycles. The second kappa shape index (κ2) is 10.3. The van der Waals surface area contributed by atoms with Gasteiger partial charge in [-0.05, 0) is 44.1 Å². The molecule has 1 aromatic rings. The van der Waals surface area contributed by atoms with E-state index in [-0.39, 0.29) is 11.9 Å². The Balaban J connectivity index is 1.23. The van der Waals surface area contributed by atoms with Gasteiger partial charge in [0.25, 0.3) is 5.91 Å². The Morgan fingerprint density at radius 2 is 1.91 bits per heavy atom. The van der Waals surface area contributed by atoms with Crippen LogP contribution < -0.4 is 15.8 Å². The van der Waals surface area contributed by atoms with Crippen molar-refractivity contribution in [2.24, 2.45) is 5.92 Å². The van der Waals surface area contributed by atoms with Crippen LogP contribution in [0, 0.1) is 5.92 Å². The number of nitrogen functional groups attached to an aromatic ring is 1. The van der Waals surface area contributed by atoms with Crippen LogP contribution in [0.25, 0.3) is 0 Å². The number of rotatable bonds is 6. The van der Waals surface area contributed by atoms with E-state index >= 15 is 0 Å². The minimum atomic E-state index is -0.132. The van der Waals surface area contributed by atoms with Crippen LogP contribution in [0.5, 0.6) is 5.75 Å². The average Bonchev–Trinajstić information content (AvgIpc) is 3.28. The number of carbonyl (C=O) groups is 2. The number of ether oxygens (including phenoxy) is 1. The van der Waals surface area contributed by atoms with Crippen molar-refractivity contribution in [1.29, 1.82) is 0 Å². The first-order chi connectivity index (χ1) is 15.5. The van der Waals surface area contributed by atoms with Gasteiger partial charge in [-0.3, -0.25) is 9.59 Å². The van der Waals surface area contributed by atoms with Crippen LogP contribution >= 0.6 is 11.6 Å². The summed E-state index contributed by atoms with van der Waals surface area (Å²) < 4.78 is 5.68. The topological polar surface area (TPSA) is 87.9 Å². The molecule has 3 aliphatic rings. The van der Waals surface area contributed by atoms with Gasteiger partial charge in [-0.2, -0.15) is 0 Å². The Labute approximate surface area is 195 Å². The van der Waals surface area contributed by atoms with Gasteiger partial charge in [0, 0.05) is 57.2 Å². The molecule has 0 spiro atoms. The largest absolute Gasteiger partial charge is 0.492 e. The highest BCUT2D eigenvalue weighted by atomic mass is 35.5. The fourth-order valence-corrected chi connectivity index (χ4v) is 5.38. The molecule has 0 aliphatic carbocycles. The third-order valence-corrected chi connectivity index (χ3v) is 7.40. The molecular weight excluding hydrogens is 428 g/mol. The van der Waals surface area contributed by atoms with Crippen LogP contribution in [0.4, 0.5) is 5.69 Å². The fourth-order valence-electron chi connectivity index (χ4n) is 5.16. The zero-order chi connectivity index (χ0) is 22.7. The van der Waals surface area contributed by atoms with Crippen molar-refractivity contribution in [3.63, 3.8) is 0 Å². The van der Waals surface area contributed by atoms with E-state index < -0.39 is 0 Å². The smallest absolute Gasteiger partial charge is 0.255 e. The van der Waals surface area contributed by atoms with Gasteiger partial charge in [-0.1, -0.05) is 18.5 Å². The lowest BCUT2D eigenvalue weighted by Crippen LogP contribution is -2.47. The summed E-state index contributed by atoms with van der Waals surface area (Å²) in [5.74, 6) is 1.42. The molecule has 0 aromatic heterocycles. The van der Waals surface area contributed by atoms with E-state index in [0.29, 0.717) is 53.3 Å². The summed E-state index contributed by atoms with van der Waals surface area (Å²) in [6.07, 6.45) is 6.33. The molecule has 0 radical (unpaired) electrons. The van der Waals surface area contributed by atoms with E-state index in [4.69, 9.17) is 22.1 Å². The molecule has 0 unspecified atom stereocenters. The van der Waals surface area contributed by atoms with E-state index in [1.807, 2.05) is 4.90 Å². The number of amides is 2. The zero-order valence-electron chi connectivity index (χ0n) is 19.0. The van der Waals surface area contributed by atoms with E-state index in [1.165, 1.54) is 0 Å². The van der Waals surface area contributed by atoms with Gasteiger partial charge in [-0.15, -0.1) is 0 Å². The number of carbonyl (C=O) groups excluding carboxylic acids is 2. The van der Waals surface area contributed by atoms with E-state index in [0.717, 1.165) is 70.4 Å². The number of halogens is 1. The van der Waals surface area contributed by atoms with Crippen molar-refractivity contribution < 1.29 is 14.3 Å². The lowest BCUT2D eigenvalue weighted by Gasteiger charge is -2.38. The summed E-state index contributed by atoms with van der Waals surface area (Å²) >= 11 is 6.25. The molecule has 7 nitrogen and oxygen atoms in total. The molecule has 2 amide bonds. The van der Waals surface area contributed by atoms with E-state index in [9.17, 15) is 9.59 Å². The van der Waals surface area contributed by atoms with Gasteiger partial charge in [-0.25, -0.2) is 0 Å². The second-order valence-corrected chi connectivity index (χ2v) is 9.76. The Hall–Kier alpha value is -1.99. The molecule has 4 rings (SSSR count). The number of nitrogens with one attached hydrogen (secondary N) is 1. The molecule has 32 heavy (non-hydrogen) atoms. The van der Waals surface area contributed by atoms with Crippen molar-refractivity contribution in [1.82, 2.24) is 15.1 Å². The van der Waals surface area contributed by atoms with Crippen LogP contribution in [-0.4, -0.2) is 67.0 Å². The molecule has 1 aromatic carbocycles. The summed E-state index contributed by atoms with van der Waals surface area (Å²) in [7, 11) is 0. The van der Waals surface area contributed by atoms with Gasteiger partial charge in [0.2, 0.25) is 5.91 Å². The molecule has 0 atom stereocenters. The van der Waals surface area contributed by atoms with Crippen molar-refractivity contribution in [3.8, 4) is 5.75 Å². The number of hydrogen-bond donors (Lipinski definition) is 2. The lowest BCUT2D eigenvalue weighted by molar-refractivity contribution is -0.132. The maximum absolute atomic E-state index is 12.9. The number of fused-ring (bicyclic) bond motifs is 1. The average molecular weight is 463 g/mol. The molecule has 8 heteroatoms. The second-order valence-electron chi connectivity index (χ2n) is 9.35. The van der Waals surface area contributed by atoms with Gasteiger partial charge in [0.15, 0.2) is 0 Å². The van der Waals surface area contributed by atoms with Crippen molar-refractivity contribution in [3.05, 3.63) is 22.2 Å². The number of benzene rings is 1. The van der Waals surface area contributed by atoms with Crippen LogP contribution in [0.15, 0.2) is 6.07 Å². The molecule has 176 valence electrons. The first-order valence-corrected chi connectivity index (χ1v) is 12.4. The molecule has 3 heterocycles. The van der Waals surface area contributed by atoms with E-state index in [2.05, 4.69) is 17.1 Å². The van der Waals surface area contributed by atoms with Gasteiger partial charge >= 0.3 is 0 Å². The summed E-state index contributed by atoms with van der Waals surface area (Å²) in [5.41, 5.74) is 7.90. The zero-order valence-corrected chi connectivity index (χ0v) is 19.8. The standard InChI is InChI=1S/C24H35ClN4O3/c1-2-3-21(30)29-11-4-16(5-12-29)15-28-9-6-17(7-10-28)27-24(31)19-14-20(25)22(26)18-8-13-32-23(18)19/h14,16-17H,2-13,15,26H2,1H3,(H,27,31). The van der Waals surface area contributed by atoms with Gasteiger partial charge < -0.3 is 25.6 Å². The summed E-state index contributed by atoms with van der Waals surface area (Å²) in [5, 5.41) is 3.59. The Morgan fingerprint density at radius 3 is 2.59 bits per heavy atom. The lowest BCUT2D eigenvalue weighted by atomic mass is 9.94. The van der Waals surface area contributed by atoms with Crippen molar-refractivity contribution in [2.45, 2.75) is 57.9 Å². The van der Waals surface area contributed by atoms with E-state index in [1.54, 1.807) is 6.07 Å². The van der Waals surface area contributed by atoms with Crippen LogP contribution in [0.2, 0.25) is 5.02 Å². The highest BCUT2D eigenvalue weighted by molar-refractivity contribution is 6.33. The molecule has 2 fully saturated rings. The third kappa shape index (κ3) is 5.15. The molecular formula is C24H35ClN4O3. The number of anilines is 1. The predicted octanol–water partition coefficient (Wildman–Crippen LogP) is 3.09. The Morgan fingerprint density at radius 1 is 1.19 bits per heavy atom.